The zero-order valence-electron chi connectivity index (χ0n) is 15.9. The number of nitrogens with one attached hydrogen (secondary N) is 1. The fourth-order valence-electron chi connectivity index (χ4n) is 3.77. The van der Waals surface area contributed by atoms with Crippen molar-refractivity contribution in [1.29, 1.82) is 0 Å². The van der Waals surface area contributed by atoms with Crippen LogP contribution in [0.2, 0.25) is 0 Å². The molecule has 140 valence electrons. The van der Waals surface area contributed by atoms with E-state index in [1.54, 1.807) is 4.90 Å². The van der Waals surface area contributed by atoms with Crippen LogP contribution < -0.4 is 0 Å². The minimum Gasteiger partial charge on any atom is -0.469 e. The molecule has 0 saturated carbocycles. The Balaban J connectivity index is 1.86. The Labute approximate surface area is 154 Å². The van der Waals surface area contributed by atoms with E-state index in [1.807, 2.05) is 18.2 Å². The van der Waals surface area contributed by atoms with E-state index in [4.69, 9.17) is 4.74 Å². The van der Waals surface area contributed by atoms with Gasteiger partial charge in [0.25, 0.3) is 5.91 Å². The number of ether oxygens (including phenoxy) is 1. The molecule has 2 aromatic rings. The van der Waals surface area contributed by atoms with Crippen LogP contribution in [0.5, 0.6) is 0 Å². The van der Waals surface area contributed by atoms with Gasteiger partial charge in [0.1, 0.15) is 0 Å². The molecule has 0 aliphatic heterocycles. The second-order valence-corrected chi connectivity index (χ2v) is 7.52. The lowest BCUT2D eigenvalue weighted by Crippen LogP contribution is -2.36. The fraction of sp³-hybridized carbons (Fsp3) is 0.524. The van der Waals surface area contributed by atoms with Crippen LogP contribution in [0.1, 0.15) is 54.7 Å². The molecule has 0 radical (unpaired) electrons. The molecule has 0 saturated heterocycles. The van der Waals surface area contributed by atoms with Crippen LogP contribution in [-0.2, 0) is 22.4 Å². The number of hydrogen-bond acceptors (Lipinski definition) is 3. The molecule has 5 nitrogen and oxygen atoms in total. The van der Waals surface area contributed by atoms with Gasteiger partial charge in [0.15, 0.2) is 0 Å². The van der Waals surface area contributed by atoms with E-state index in [0.717, 1.165) is 18.4 Å². The Bertz CT molecular complexity index is 807. The largest absolute Gasteiger partial charge is 0.469 e. The molecule has 1 heterocycles. The molecule has 1 aliphatic rings. The number of esters is 1. The summed E-state index contributed by atoms with van der Waals surface area (Å²) in [5.41, 5.74) is 4.49. The van der Waals surface area contributed by atoms with Crippen LogP contribution in [0.4, 0.5) is 0 Å². The van der Waals surface area contributed by atoms with Gasteiger partial charge in [-0.25, -0.2) is 0 Å². The van der Waals surface area contributed by atoms with E-state index >= 15 is 0 Å². The number of carbonyl (C=O) groups excluding carboxylic acids is 2. The first-order chi connectivity index (χ1) is 12.5. The Hall–Kier alpha value is -2.30. The van der Waals surface area contributed by atoms with Crippen LogP contribution in [-0.4, -0.2) is 42.0 Å². The quantitative estimate of drug-likeness (QED) is 0.803. The summed E-state index contributed by atoms with van der Waals surface area (Å²) < 4.78 is 4.72. The van der Waals surface area contributed by atoms with Gasteiger partial charge in [-0.3, -0.25) is 9.59 Å². The highest BCUT2D eigenvalue weighted by Crippen LogP contribution is 2.30. The zero-order chi connectivity index (χ0) is 18.7. The van der Waals surface area contributed by atoms with Gasteiger partial charge in [-0.2, -0.15) is 0 Å². The SMILES string of the molecule is COC(=O)CCN(CC(C)C)C(=O)c1ccc2[nH]c3c(c2c1)CCCC3. The smallest absolute Gasteiger partial charge is 0.307 e. The molecule has 5 heteroatoms. The van der Waals surface area contributed by atoms with Crippen LogP contribution in [0.15, 0.2) is 18.2 Å². The third kappa shape index (κ3) is 3.92. The van der Waals surface area contributed by atoms with Crippen LogP contribution in [0.25, 0.3) is 10.9 Å². The van der Waals surface area contributed by atoms with Gasteiger partial charge in [0.05, 0.1) is 13.5 Å². The second-order valence-electron chi connectivity index (χ2n) is 7.52. The number of aromatic amines is 1. The van der Waals surface area contributed by atoms with Crippen molar-refractivity contribution in [2.75, 3.05) is 20.2 Å². The Morgan fingerprint density at radius 3 is 2.73 bits per heavy atom. The minimum atomic E-state index is -0.290. The predicted octanol–water partition coefficient (Wildman–Crippen LogP) is 3.71. The first kappa shape index (κ1) is 18.5. The van der Waals surface area contributed by atoms with E-state index in [9.17, 15) is 9.59 Å². The summed E-state index contributed by atoms with van der Waals surface area (Å²) in [5, 5.41) is 1.17. The van der Waals surface area contributed by atoms with E-state index < -0.39 is 0 Å². The molecule has 1 aromatic heterocycles. The number of hydrogen-bond donors (Lipinski definition) is 1. The number of amides is 1. The van der Waals surface area contributed by atoms with Gasteiger partial charge in [-0.1, -0.05) is 13.8 Å². The van der Waals surface area contributed by atoms with Crippen molar-refractivity contribution in [2.45, 2.75) is 46.0 Å². The number of nitrogens with zero attached hydrogens (tertiary/aromatic N) is 1. The second kappa shape index (κ2) is 7.94. The standard InChI is InChI=1S/C21H28N2O3/c1-14(2)13-23(11-10-20(24)26-3)21(25)15-8-9-19-17(12-15)16-6-4-5-7-18(16)22-19/h8-9,12,14,22H,4-7,10-11,13H2,1-3H3. The zero-order valence-corrected chi connectivity index (χ0v) is 15.9. The van der Waals surface area contributed by atoms with Gasteiger partial charge in [0, 0.05) is 35.2 Å². The molecule has 0 fully saturated rings. The number of aryl methyl sites for hydroxylation is 2. The molecular formula is C21H28N2O3. The molecule has 0 bridgehead atoms. The van der Waals surface area contributed by atoms with Gasteiger partial charge in [-0.05, 0) is 55.4 Å². The summed E-state index contributed by atoms with van der Waals surface area (Å²) in [7, 11) is 1.37. The lowest BCUT2D eigenvalue weighted by molar-refractivity contribution is -0.140. The fourth-order valence-corrected chi connectivity index (χ4v) is 3.77. The number of H-pyrrole nitrogens is 1. The monoisotopic (exact) mass is 356 g/mol. The molecule has 26 heavy (non-hydrogen) atoms. The molecular weight excluding hydrogens is 328 g/mol. The molecule has 1 aliphatic carbocycles. The van der Waals surface area contributed by atoms with Crippen LogP contribution >= 0.6 is 0 Å². The number of methoxy groups -OCH3 is 1. The Morgan fingerprint density at radius 1 is 1.23 bits per heavy atom. The highest BCUT2D eigenvalue weighted by Gasteiger charge is 2.21. The summed E-state index contributed by atoms with van der Waals surface area (Å²) >= 11 is 0. The first-order valence-corrected chi connectivity index (χ1v) is 9.49. The highest BCUT2D eigenvalue weighted by atomic mass is 16.5. The topological polar surface area (TPSA) is 62.4 Å². The summed E-state index contributed by atoms with van der Waals surface area (Å²) in [4.78, 5) is 29.8. The minimum absolute atomic E-state index is 0.0183. The molecule has 0 spiro atoms. The van der Waals surface area contributed by atoms with Crippen molar-refractivity contribution in [1.82, 2.24) is 9.88 Å². The third-order valence-electron chi connectivity index (χ3n) is 5.03. The third-order valence-corrected chi connectivity index (χ3v) is 5.03. The maximum Gasteiger partial charge on any atom is 0.307 e. The number of fused-ring (bicyclic) bond motifs is 3. The van der Waals surface area contributed by atoms with Crippen molar-refractivity contribution >= 4 is 22.8 Å². The van der Waals surface area contributed by atoms with E-state index in [1.165, 1.54) is 36.6 Å². The normalized spacial score (nSPS) is 13.7. The van der Waals surface area contributed by atoms with Gasteiger partial charge >= 0.3 is 5.97 Å². The van der Waals surface area contributed by atoms with Crippen LogP contribution in [0, 0.1) is 5.92 Å². The highest BCUT2D eigenvalue weighted by molar-refractivity contribution is 5.99. The number of aromatic nitrogens is 1. The summed E-state index contributed by atoms with van der Waals surface area (Å²) in [6.45, 7) is 5.15. The van der Waals surface area contributed by atoms with Crippen molar-refractivity contribution in [2.24, 2.45) is 5.92 Å². The summed E-state index contributed by atoms with van der Waals surface area (Å²) in [6, 6.07) is 5.91. The van der Waals surface area contributed by atoms with E-state index in [2.05, 4.69) is 18.8 Å². The Morgan fingerprint density at radius 2 is 2.00 bits per heavy atom. The van der Waals surface area contributed by atoms with Crippen LogP contribution in [0.3, 0.4) is 0 Å². The van der Waals surface area contributed by atoms with Gasteiger partial charge < -0.3 is 14.6 Å². The molecule has 1 aromatic carbocycles. The van der Waals surface area contributed by atoms with Crippen molar-refractivity contribution < 1.29 is 14.3 Å². The van der Waals surface area contributed by atoms with Crippen molar-refractivity contribution in [3.63, 3.8) is 0 Å². The number of rotatable bonds is 6. The molecule has 0 atom stereocenters. The maximum atomic E-state index is 13.1. The first-order valence-electron chi connectivity index (χ1n) is 9.49. The average molecular weight is 356 g/mol. The average Bonchev–Trinajstić information content (AvgIpc) is 3.01. The lowest BCUT2D eigenvalue weighted by atomic mass is 9.95. The Kier molecular flexibility index (Phi) is 5.64. The number of benzene rings is 1. The lowest BCUT2D eigenvalue weighted by Gasteiger charge is -2.24. The molecule has 0 unspecified atom stereocenters. The predicted molar refractivity (Wildman–Crippen MR) is 102 cm³/mol. The van der Waals surface area contributed by atoms with Gasteiger partial charge in [0.2, 0.25) is 0 Å². The van der Waals surface area contributed by atoms with E-state index in [-0.39, 0.29) is 18.3 Å². The number of carbonyl (C=O) groups is 2. The molecule has 1 N–H and O–H groups in total. The van der Waals surface area contributed by atoms with E-state index in [0.29, 0.717) is 24.6 Å². The molecule has 1 amide bonds. The summed E-state index contributed by atoms with van der Waals surface area (Å²) in [6.07, 6.45) is 4.81. The van der Waals surface area contributed by atoms with Crippen molar-refractivity contribution in [3.8, 4) is 0 Å². The summed E-state index contributed by atoms with van der Waals surface area (Å²) in [5.74, 6) is 0.0253. The maximum absolute atomic E-state index is 13.1. The van der Waals surface area contributed by atoms with Gasteiger partial charge in [-0.15, -0.1) is 0 Å². The van der Waals surface area contributed by atoms with Crippen molar-refractivity contribution in [3.05, 3.63) is 35.0 Å². The molecule has 3 rings (SSSR count).